The molecule has 0 fully saturated rings. The quantitative estimate of drug-likeness (QED) is 0.685. The summed E-state index contributed by atoms with van der Waals surface area (Å²) in [5.74, 6) is -1.03. The molecule has 0 aliphatic rings. The fraction of sp³-hybridized carbons (Fsp3) is 0.462. The fourth-order valence-electron chi connectivity index (χ4n) is 1.53. The van der Waals surface area contributed by atoms with Crippen molar-refractivity contribution < 1.29 is 24.5 Å². The Morgan fingerprint density at radius 1 is 1.33 bits per heavy atom. The standard InChI is InChI=1S/C13H18O5/c1-17-9-10-3-5-11(6-4-10)12(13(15)16)18-8-2-7-14/h3-6,12,14H,2,7-9H2,1H3,(H,15,16). The predicted molar refractivity (Wildman–Crippen MR) is 65.2 cm³/mol. The summed E-state index contributed by atoms with van der Waals surface area (Å²) in [6, 6.07) is 7.05. The highest BCUT2D eigenvalue weighted by Crippen LogP contribution is 2.19. The number of hydrogen-bond acceptors (Lipinski definition) is 4. The molecule has 0 saturated carbocycles. The maximum atomic E-state index is 11.1. The van der Waals surface area contributed by atoms with Crippen molar-refractivity contribution in [1.82, 2.24) is 0 Å². The summed E-state index contributed by atoms with van der Waals surface area (Å²) in [5.41, 5.74) is 1.56. The Hall–Kier alpha value is -1.43. The number of benzene rings is 1. The molecule has 0 aliphatic carbocycles. The minimum atomic E-state index is -1.03. The van der Waals surface area contributed by atoms with Crippen molar-refractivity contribution in [2.45, 2.75) is 19.1 Å². The topological polar surface area (TPSA) is 76.0 Å². The van der Waals surface area contributed by atoms with E-state index in [1.54, 1.807) is 19.2 Å². The van der Waals surface area contributed by atoms with E-state index in [1.807, 2.05) is 12.1 Å². The van der Waals surface area contributed by atoms with Crippen molar-refractivity contribution in [2.24, 2.45) is 0 Å². The molecule has 1 rings (SSSR count). The van der Waals surface area contributed by atoms with Gasteiger partial charge < -0.3 is 19.7 Å². The van der Waals surface area contributed by atoms with Crippen LogP contribution < -0.4 is 0 Å². The first-order valence-corrected chi connectivity index (χ1v) is 5.72. The Kier molecular flexibility index (Phi) is 6.35. The average Bonchev–Trinajstić information content (AvgIpc) is 2.36. The van der Waals surface area contributed by atoms with Crippen LogP contribution in [-0.4, -0.2) is 36.5 Å². The van der Waals surface area contributed by atoms with E-state index in [2.05, 4.69) is 0 Å². The number of carbonyl (C=O) groups is 1. The van der Waals surface area contributed by atoms with Crippen molar-refractivity contribution in [3.05, 3.63) is 35.4 Å². The third-order valence-corrected chi connectivity index (χ3v) is 2.40. The van der Waals surface area contributed by atoms with Gasteiger partial charge in [0.25, 0.3) is 0 Å². The molecule has 0 aromatic heterocycles. The van der Waals surface area contributed by atoms with Gasteiger partial charge in [0.2, 0.25) is 0 Å². The molecule has 5 heteroatoms. The van der Waals surface area contributed by atoms with E-state index < -0.39 is 12.1 Å². The number of ether oxygens (including phenoxy) is 2. The second-order valence-electron chi connectivity index (χ2n) is 3.84. The Labute approximate surface area is 106 Å². The van der Waals surface area contributed by atoms with Crippen LogP contribution in [0.5, 0.6) is 0 Å². The molecule has 0 amide bonds. The second kappa shape index (κ2) is 7.81. The van der Waals surface area contributed by atoms with E-state index >= 15 is 0 Å². The van der Waals surface area contributed by atoms with Crippen molar-refractivity contribution in [1.29, 1.82) is 0 Å². The Balaban J connectivity index is 2.69. The molecule has 0 heterocycles. The molecule has 0 bridgehead atoms. The van der Waals surface area contributed by atoms with Gasteiger partial charge in [0.15, 0.2) is 6.10 Å². The van der Waals surface area contributed by atoms with E-state index in [4.69, 9.17) is 19.7 Å². The van der Waals surface area contributed by atoms with Gasteiger partial charge in [-0.05, 0) is 17.5 Å². The van der Waals surface area contributed by atoms with Gasteiger partial charge in [0.1, 0.15) is 0 Å². The van der Waals surface area contributed by atoms with Crippen LogP contribution in [0.2, 0.25) is 0 Å². The van der Waals surface area contributed by atoms with Crippen LogP contribution in [0.1, 0.15) is 23.7 Å². The van der Waals surface area contributed by atoms with Gasteiger partial charge in [-0.3, -0.25) is 0 Å². The lowest BCUT2D eigenvalue weighted by Crippen LogP contribution is -2.16. The zero-order chi connectivity index (χ0) is 13.4. The summed E-state index contributed by atoms with van der Waals surface area (Å²) >= 11 is 0. The van der Waals surface area contributed by atoms with Gasteiger partial charge in [-0.1, -0.05) is 24.3 Å². The van der Waals surface area contributed by atoms with Gasteiger partial charge in [0, 0.05) is 13.7 Å². The number of aliphatic carboxylic acids is 1. The minimum absolute atomic E-state index is 0.0148. The van der Waals surface area contributed by atoms with Gasteiger partial charge in [0.05, 0.1) is 13.2 Å². The smallest absolute Gasteiger partial charge is 0.337 e. The lowest BCUT2D eigenvalue weighted by molar-refractivity contribution is -0.151. The SMILES string of the molecule is COCc1ccc(C(OCCCO)C(=O)O)cc1. The first kappa shape index (κ1) is 14.6. The van der Waals surface area contributed by atoms with E-state index in [0.717, 1.165) is 5.56 Å². The molecule has 1 atom stereocenters. The number of carboxylic acid groups (broad SMARTS) is 1. The molecule has 1 aromatic rings. The Morgan fingerprint density at radius 2 is 2.00 bits per heavy atom. The minimum Gasteiger partial charge on any atom is -0.479 e. The normalized spacial score (nSPS) is 12.3. The highest BCUT2D eigenvalue weighted by atomic mass is 16.5. The largest absolute Gasteiger partial charge is 0.479 e. The van der Waals surface area contributed by atoms with Gasteiger partial charge >= 0.3 is 5.97 Å². The fourth-order valence-corrected chi connectivity index (χ4v) is 1.53. The predicted octanol–water partition coefficient (Wildman–Crippen LogP) is 1.36. The lowest BCUT2D eigenvalue weighted by Gasteiger charge is -2.14. The first-order chi connectivity index (χ1) is 8.69. The third-order valence-electron chi connectivity index (χ3n) is 2.40. The van der Waals surface area contributed by atoms with E-state index in [-0.39, 0.29) is 13.2 Å². The van der Waals surface area contributed by atoms with E-state index in [1.165, 1.54) is 0 Å². The zero-order valence-corrected chi connectivity index (χ0v) is 10.3. The van der Waals surface area contributed by atoms with Crippen LogP contribution in [0.25, 0.3) is 0 Å². The molecule has 0 spiro atoms. The number of carboxylic acids is 1. The van der Waals surface area contributed by atoms with Crippen LogP contribution in [0, 0.1) is 0 Å². The van der Waals surface area contributed by atoms with Gasteiger partial charge in [-0.25, -0.2) is 4.79 Å². The molecule has 100 valence electrons. The molecule has 1 aromatic carbocycles. The van der Waals surface area contributed by atoms with Gasteiger partial charge in [-0.15, -0.1) is 0 Å². The van der Waals surface area contributed by atoms with Crippen molar-refractivity contribution in [2.75, 3.05) is 20.3 Å². The third kappa shape index (κ3) is 4.44. The molecular formula is C13H18O5. The summed E-state index contributed by atoms with van der Waals surface area (Å²) in [5, 5.41) is 17.7. The highest BCUT2D eigenvalue weighted by Gasteiger charge is 2.20. The molecule has 5 nitrogen and oxygen atoms in total. The molecule has 2 N–H and O–H groups in total. The van der Waals surface area contributed by atoms with Crippen LogP contribution >= 0.6 is 0 Å². The first-order valence-electron chi connectivity index (χ1n) is 5.72. The van der Waals surface area contributed by atoms with Crippen molar-refractivity contribution in [3.63, 3.8) is 0 Å². The number of hydrogen-bond donors (Lipinski definition) is 2. The van der Waals surface area contributed by atoms with Crippen LogP contribution in [0.15, 0.2) is 24.3 Å². The maximum Gasteiger partial charge on any atom is 0.337 e. The Morgan fingerprint density at radius 3 is 2.50 bits per heavy atom. The number of rotatable bonds is 8. The van der Waals surface area contributed by atoms with Crippen LogP contribution in [-0.2, 0) is 20.9 Å². The van der Waals surface area contributed by atoms with E-state index in [0.29, 0.717) is 18.6 Å². The molecular weight excluding hydrogens is 236 g/mol. The summed E-state index contributed by atoms with van der Waals surface area (Å²) in [7, 11) is 1.60. The summed E-state index contributed by atoms with van der Waals surface area (Å²) in [6.07, 6.45) is -0.570. The highest BCUT2D eigenvalue weighted by molar-refractivity contribution is 5.74. The lowest BCUT2D eigenvalue weighted by atomic mass is 10.1. The average molecular weight is 254 g/mol. The second-order valence-corrected chi connectivity index (χ2v) is 3.84. The van der Waals surface area contributed by atoms with Gasteiger partial charge in [-0.2, -0.15) is 0 Å². The number of aliphatic hydroxyl groups is 1. The van der Waals surface area contributed by atoms with Crippen LogP contribution in [0.4, 0.5) is 0 Å². The summed E-state index contributed by atoms with van der Waals surface area (Å²) < 4.78 is 10.2. The molecule has 0 aliphatic heterocycles. The van der Waals surface area contributed by atoms with Crippen molar-refractivity contribution in [3.8, 4) is 0 Å². The molecule has 1 unspecified atom stereocenters. The zero-order valence-electron chi connectivity index (χ0n) is 10.3. The van der Waals surface area contributed by atoms with Crippen LogP contribution in [0.3, 0.4) is 0 Å². The Bertz CT molecular complexity index is 360. The number of methoxy groups -OCH3 is 1. The van der Waals surface area contributed by atoms with E-state index in [9.17, 15) is 4.79 Å². The maximum absolute atomic E-state index is 11.1. The summed E-state index contributed by atoms with van der Waals surface area (Å²) in [6.45, 7) is 0.690. The monoisotopic (exact) mass is 254 g/mol. The molecule has 0 saturated heterocycles. The number of aliphatic hydroxyl groups excluding tert-OH is 1. The molecule has 0 radical (unpaired) electrons. The van der Waals surface area contributed by atoms with Crippen molar-refractivity contribution >= 4 is 5.97 Å². The molecule has 18 heavy (non-hydrogen) atoms. The summed E-state index contributed by atoms with van der Waals surface area (Å²) in [4.78, 5) is 11.1.